The van der Waals surface area contributed by atoms with Gasteiger partial charge in [-0.05, 0) is 32.0 Å². The molecule has 0 unspecified atom stereocenters. The molecule has 110 valence electrons. The molecule has 1 N–H and O–H groups in total. The van der Waals surface area contributed by atoms with Crippen molar-refractivity contribution in [1.29, 1.82) is 0 Å². The van der Waals surface area contributed by atoms with E-state index in [1.807, 2.05) is 13.8 Å². The van der Waals surface area contributed by atoms with Crippen molar-refractivity contribution in [3.63, 3.8) is 0 Å². The summed E-state index contributed by atoms with van der Waals surface area (Å²) < 4.78 is 38.2. The Bertz CT molecular complexity index is 905. The molecule has 21 heavy (non-hydrogen) atoms. The molecule has 0 aliphatic carbocycles. The van der Waals surface area contributed by atoms with Crippen LogP contribution in [0.4, 0.5) is 0 Å². The second kappa shape index (κ2) is 4.68. The smallest absolute Gasteiger partial charge is 0.294 e. The number of benzene rings is 1. The van der Waals surface area contributed by atoms with Crippen molar-refractivity contribution in [2.24, 2.45) is 0 Å². The van der Waals surface area contributed by atoms with E-state index in [1.165, 1.54) is 12.1 Å². The van der Waals surface area contributed by atoms with Crippen LogP contribution < -0.4 is 0 Å². The minimum Gasteiger partial charge on any atom is -0.361 e. The van der Waals surface area contributed by atoms with Crippen molar-refractivity contribution in [1.82, 2.24) is 14.9 Å². The van der Waals surface area contributed by atoms with Gasteiger partial charge in [0.05, 0.1) is 28.8 Å². The van der Waals surface area contributed by atoms with E-state index in [4.69, 9.17) is 9.08 Å². The average Bonchev–Trinajstić information content (AvgIpc) is 2.96. The van der Waals surface area contributed by atoms with Crippen LogP contribution in [0.15, 0.2) is 33.8 Å². The number of aromatic nitrogens is 3. The summed E-state index contributed by atoms with van der Waals surface area (Å²) in [7, 11) is -4.21. The van der Waals surface area contributed by atoms with Gasteiger partial charge in [-0.2, -0.15) is 13.5 Å². The Hall–Kier alpha value is -2.19. The van der Waals surface area contributed by atoms with Crippen molar-refractivity contribution in [2.45, 2.75) is 25.3 Å². The van der Waals surface area contributed by atoms with Crippen molar-refractivity contribution >= 4 is 21.0 Å². The van der Waals surface area contributed by atoms with Gasteiger partial charge in [0.25, 0.3) is 10.1 Å². The third-order valence-electron chi connectivity index (χ3n) is 3.40. The highest BCUT2D eigenvalue weighted by Crippen LogP contribution is 2.21. The highest BCUT2D eigenvalue weighted by molar-refractivity contribution is 7.85. The molecule has 2 aromatic heterocycles. The Morgan fingerprint density at radius 3 is 2.71 bits per heavy atom. The molecule has 0 amide bonds. The fraction of sp³-hybridized carbons (Fsp3) is 0.231. The summed E-state index contributed by atoms with van der Waals surface area (Å²) in [4.78, 5) is -0.146. The molecule has 0 aliphatic rings. The predicted molar refractivity (Wildman–Crippen MR) is 74.6 cm³/mol. The van der Waals surface area contributed by atoms with E-state index in [9.17, 15) is 8.42 Å². The molecule has 0 aliphatic heterocycles. The summed E-state index contributed by atoms with van der Waals surface area (Å²) in [5.41, 5.74) is 2.51. The SMILES string of the molecule is Cc1noc(C)c1Cn1ncc2cc(S(=O)(=O)O)ccc21. The van der Waals surface area contributed by atoms with Gasteiger partial charge in [-0.25, -0.2) is 0 Å². The molecule has 0 saturated carbocycles. The summed E-state index contributed by atoms with van der Waals surface area (Å²) in [6.45, 7) is 4.17. The molecule has 0 bridgehead atoms. The molecule has 8 heteroatoms. The molecule has 7 nitrogen and oxygen atoms in total. The maximum Gasteiger partial charge on any atom is 0.294 e. The lowest BCUT2D eigenvalue weighted by molar-refractivity contribution is 0.392. The zero-order chi connectivity index (χ0) is 15.2. The number of rotatable bonds is 3. The van der Waals surface area contributed by atoms with Crippen molar-refractivity contribution < 1.29 is 17.5 Å². The van der Waals surface area contributed by atoms with Crippen molar-refractivity contribution in [3.05, 3.63) is 41.4 Å². The fourth-order valence-electron chi connectivity index (χ4n) is 2.23. The van der Waals surface area contributed by atoms with Crippen LogP contribution in [0.25, 0.3) is 10.9 Å². The zero-order valence-electron chi connectivity index (χ0n) is 11.4. The number of fused-ring (bicyclic) bond motifs is 1. The Balaban J connectivity index is 2.06. The molecule has 3 rings (SSSR count). The van der Waals surface area contributed by atoms with Crippen LogP contribution in [0.3, 0.4) is 0 Å². The third-order valence-corrected chi connectivity index (χ3v) is 4.25. The fourth-order valence-corrected chi connectivity index (χ4v) is 2.74. The molecular formula is C13H13N3O4S. The molecule has 3 aromatic rings. The number of hydrogen-bond acceptors (Lipinski definition) is 5. The molecule has 1 aromatic carbocycles. The van der Waals surface area contributed by atoms with Crippen LogP contribution in [0.1, 0.15) is 17.0 Å². The largest absolute Gasteiger partial charge is 0.361 e. The van der Waals surface area contributed by atoms with E-state index in [0.717, 1.165) is 22.5 Å². The maximum atomic E-state index is 11.1. The Morgan fingerprint density at radius 1 is 1.33 bits per heavy atom. The first-order chi connectivity index (χ1) is 9.86. The minimum atomic E-state index is -4.21. The average molecular weight is 307 g/mol. The Morgan fingerprint density at radius 2 is 2.10 bits per heavy atom. The normalized spacial score (nSPS) is 12.1. The van der Waals surface area contributed by atoms with Gasteiger partial charge in [-0.3, -0.25) is 9.23 Å². The molecule has 2 heterocycles. The van der Waals surface area contributed by atoms with Crippen molar-refractivity contribution in [2.75, 3.05) is 0 Å². The third kappa shape index (κ3) is 2.43. The second-order valence-electron chi connectivity index (χ2n) is 4.80. The van der Waals surface area contributed by atoms with Crippen LogP contribution >= 0.6 is 0 Å². The molecule has 0 saturated heterocycles. The molecule has 0 radical (unpaired) electrons. The first kappa shape index (κ1) is 13.8. The van der Waals surface area contributed by atoms with Crippen LogP contribution in [0.5, 0.6) is 0 Å². The first-order valence-electron chi connectivity index (χ1n) is 6.21. The lowest BCUT2D eigenvalue weighted by atomic mass is 10.2. The van der Waals surface area contributed by atoms with Gasteiger partial charge in [-0.1, -0.05) is 5.16 Å². The number of aryl methyl sites for hydroxylation is 2. The number of nitrogens with zero attached hydrogens (tertiary/aromatic N) is 3. The second-order valence-corrected chi connectivity index (χ2v) is 6.22. The summed E-state index contributed by atoms with van der Waals surface area (Å²) in [6, 6.07) is 4.36. The lowest BCUT2D eigenvalue weighted by Crippen LogP contribution is -2.03. The van der Waals surface area contributed by atoms with Gasteiger partial charge in [-0.15, -0.1) is 0 Å². The van der Waals surface area contributed by atoms with E-state index in [1.54, 1.807) is 16.9 Å². The minimum absolute atomic E-state index is 0.146. The van der Waals surface area contributed by atoms with E-state index in [0.29, 0.717) is 11.9 Å². The van der Waals surface area contributed by atoms with E-state index < -0.39 is 10.1 Å². The van der Waals surface area contributed by atoms with E-state index in [-0.39, 0.29) is 4.90 Å². The summed E-state index contributed by atoms with van der Waals surface area (Å²) in [5.74, 6) is 0.728. The first-order valence-corrected chi connectivity index (χ1v) is 7.65. The van der Waals surface area contributed by atoms with Gasteiger partial charge >= 0.3 is 0 Å². The molecule has 0 atom stereocenters. The van der Waals surface area contributed by atoms with Gasteiger partial charge in [0.1, 0.15) is 5.76 Å². The van der Waals surface area contributed by atoms with Gasteiger partial charge < -0.3 is 4.52 Å². The summed E-state index contributed by atoms with van der Waals surface area (Å²) in [5, 5.41) is 8.78. The highest BCUT2D eigenvalue weighted by Gasteiger charge is 2.14. The Labute approximate surface area is 120 Å². The van der Waals surface area contributed by atoms with Crippen molar-refractivity contribution in [3.8, 4) is 0 Å². The quantitative estimate of drug-likeness (QED) is 0.742. The van der Waals surface area contributed by atoms with Crippen LogP contribution in [-0.4, -0.2) is 27.9 Å². The summed E-state index contributed by atoms with van der Waals surface area (Å²) >= 11 is 0. The molecular weight excluding hydrogens is 294 g/mol. The summed E-state index contributed by atoms with van der Waals surface area (Å²) in [6.07, 6.45) is 1.56. The lowest BCUT2D eigenvalue weighted by Gasteiger charge is -2.04. The van der Waals surface area contributed by atoms with Gasteiger partial charge in [0.15, 0.2) is 0 Å². The van der Waals surface area contributed by atoms with E-state index in [2.05, 4.69) is 10.3 Å². The zero-order valence-corrected chi connectivity index (χ0v) is 12.3. The van der Waals surface area contributed by atoms with Gasteiger partial charge in [0.2, 0.25) is 0 Å². The van der Waals surface area contributed by atoms with Crippen LogP contribution in [0, 0.1) is 13.8 Å². The monoisotopic (exact) mass is 307 g/mol. The van der Waals surface area contributed by atoms with Gasteiger partial charge in [0, 0.05) is 10.9 Å². The highest BCUT2D eigenvalue weighted by atomic mass is 32.2. The standard InChI is InChI=1S/C13H13N3O4S/c1-8-12(9(2)20-15-8)7-16-13-4-3-11(21(17,18)19)5-10(13)6-14-16/h3-6H,7H2,1-2H3,(H,17,18,19). The molecule has 0 spiro atoms. The maximum absolute atomic E-state index is 11.1. The number of hydrogen-bond donors (Lipinski definition) is 1. The van der Waals surface area contributed by atoms with Crippen LogP contribution in [0.2, 0.25) is 0 Å². The van der Waals surface area contributed by atoms with E-state index >= 15 is 0 Å². The Kier molecular flexibility index (Phi) is 3.07. The predicted octanol–water partition coefficient (Wildman–Crippen LogP) is 1.94. The topological polar surface area (TPSA) is 98.2 Å². The molecule has 0 fully saturated rings. The van der Waals surface area contributed by atoms with Crippen LogP contribution in [-0.2, 0) is 16.7 Å².